The molecule has 0 spiro atoms. The van der Waals surface area contributed by atoms with E-state index in [-0.39, 0.29) is 11.6 Å². The molecule has 0 heterocycles. The summed E-state index contributed by atoms with van der Waals surface area (Å²) in [6.07, 6.45) is 0. The normalized spacial score (nSPS) is 10.2. The summed E-state index contributed by atoms with van der Waals surface area (Å²) in [7, 11) is 0. The van der Waals surface area contributed by atoms with Gasteiger partial charge in [-0.05, 0) is 43.7 Å². The highest BCUT2D eigenvalue weighted by Crippen LogP contribution is 2.23. The summed E-state index contributed by atoms with van der Waals surface area (Å²) in [5.41, 5.74) is 8.51. The Morgan fingerprint density at radius 3 is 2.57 bits per heavy atom. The number of nitrogens with zero attached hydrogens (tertiary/aromatic N) is 1. The topological polar surface area (TPSA) is 98.3 Å². The molecule has 1 amide bonds. The van der Waals surface area contributed by atoms with Gasteiger partial charge in [-0.25, -0.2) is 0 Å². The van der Waals surface area contributed by atoms with Crippen molar-refractivity contribution in [3.05, 3.63) is 63.2 Å². The van der Waals surface area contributed by atoms with Crippen LogP contribution in [0.4, 0.5) is 17.1 Å². The quantitative estimate of drug-likeness (QED) is 0.514. The number of aryl methyl sites for hydroxylation is 1. The third-order valence-electron chi connectivity index (χ3n) is 3.27. The lowest BCUT2D eigenvalue weighted by atomic mass is 10.1. The SMILES string of the molecule is Cc1cc(NC(=O)c2cccc(N)c2C)ccc1[N+](=O)[O-]. The summed E-state index contributed by atoms with van der Waals surface area (Å²) in [5.74, 6) is -0.298. The standard InChI is InChI=1S/C15H15N3O3/c1-9-8-11(6-7-14(9)18(20)21)17-15(19)12-4-3-5-13(16)10(12)2/h3-8H,16H2,1-2H3,(H,17,19). The molecule has 0 aliphatic heterocycles. The molecule has 0 saturated heterocycles. The van der Waals surface area contributed by atoms with Crippen molar-refractivity contribution < 1.29 is 9.72 Å². The van der Waals surface area contributed by atoms with Crippen LogP contribution in [0, 0.1) is 24.0 Å². The second-order valence-corrected chi connectivity index (χ2v) is 4.73. The summed E-state index contributed by atoms with van der Waals surface area (Å²) in [6.45, 7) is 3.39. The fraction of sp³-hybridized carbons (Fsp3) is 0.133. The van der Waals surface area contributed by atoms with Gasteiger partial charge in [0.2, 0.25) is 0 Å². The maximum Gasteiger partial charge on any atom is 0.272 e. The van der Waals surface area contributed by atoms with Crippen LogP contribution in [0.3, 0.4) is 0 Å². The minimum Gasteiger partial charge on any atom is -0.398 e. The number of hydrogen-bond donors (Lipinski definition) is 2. The van der Waals surface area contributed by atoms with Crippen molar-refractivity contribution >= 4 is 23.0 Å². The molecule has 6 heteroatoms. The van der Waals surface area contributed by atoms with Gasteiger partial charge in [-0.1, -0.05) is 6.07 Å². The molecular formula is C15H15N3O3. The zero-order valence-corrected chi connectivity index (χ0v) is 11.7. The summed E-state index contributed by atoms with van der Waals surface area (Å²) < 4.78 is 0. The van der Waals surface area contributed by atoms with E-state index in [4.69, 9.17) is 5.73 Å². The van der Waals surface area contributed by atoms with Gasteiger partial charge in [0.15, 0.2) is 0 Å². The van der Waals surface area contributed by atoms with Gasteiger partial charge in [0.05, 0.1) is 4.92 Å². The van der Waals surface area contributed by atoms with Gasteiger partial charge < -0.3 is 11.1 Å². The number of amides is 1. The lowest BCUT2D eigenvalue weighted by molar-refractivity contribution is -0.385. The molecule has 21 heavy (non-hydrogen) atoms. The molecule has 0 atom stereocenters. The first-order valence-electron chi connectivity index (χ1n) is 6.31. The monoisotopic (exact) mass is 285 g/mol. The smallest absolute Gasteiger partial charge is 0.272 e. The van der Waals surface area contributed by atoms with Crippen LogP contribution in [0.5, 0.6) is 0 Å². The van der Waals surface area contributed by atoms with Crippen LogP contribution in [0.2, 0.25) is 0 Å². The predicted octanol–water partition coefficient (Wildman–Crippen LogP) is 3.05. The van der Waals surface area contributed by atoms with Gasteiger partial charge in [-0.3, -0.25) is 14.9 Å². The number of hydrogen-bond acceptors (Lipinski definition) is 4. The lowest BCUT2D eigenvalue weighted by Gasteiger charge is -2.10. The van der Waals surface area contributed by atoms with Gasteiger partial charge in [0.25, 0.3) is 11.6 Å². The first kappa shape index (κ1) is 14.5. The van der Waals surface area contributed by atoms with E-state index in [1.165, 1.54) is 12.1 Å². The van der Waals surface area contributed by atoms with Crippen molar-refractivity contribution in [3.63, 3.8) is 0 Å². The minimum absolute atomic E-state index is 0.0214. The fourth-order valence-corrected chi connectivity index (χ4v) is 2.04. The zero-order valence-electron chi connectivity index (χ0n) is 11.7. The lowest BCUT2D eigenvalue weighted by Crippen LogP contribution is -2.14. The number of anilines is 2. The molecule has 0 aromatic heterocycles. The second kappa shape index (κ2) is 5.62. The number of carbonyl (C=O) groups excluding carboxylic acids is 1. The molecule has 0 radical (unpaired) electrons. The average Bonchev–Trinajstić information content (AvgIpc) is 2.41. The molecule has 0 unspecified atom stereocenters. The molecule has 2 aromatic carbocycles. The van der Waals surface area contributed by atoms with E-state index in [1.54, 1.807) is 38.1 Å². The summed E-state index contributed by atoms with van der Waals surface area (Å²) in [5, 5.41) is 13.5. The Hall–Kier alpha value is -2.89. The van der Waals surface area contributed by atoms with Crippen molar-refractivity contribution in [1.29, 1.82) is 0 Å². The Balaban J connectivity index is 2.26. The zero-order chi connectivity index (χ0) is 15.6. The highest BCUT2D eigenvalue weighted by Gasteiger charge is 2.14. The van der Waals surface area contributed by atoms with Crippen LogP contribution in [0.25, 0.3) is 0 Å². The third-order valence-corrected chi connectivity index (χ3v) is 3.27. The Morgan fingerprint density at radius 1 is 1.24 bits per heavy atom. The molecular weight excluding hydrogens is 270 g/mol. The van der Waals surface area contributed by atoms with Gasteiger partial charge in [0.1, 0.15) is 0 Å². The van der Waals surface area contributed by atoms with Crippen molar-refractivity contribution in [2.24, 2.45) is 0 Å². The molecule has 0 aliphatic carbocycles. The van der Waals surface area contributed by atoms with Gasteiger partial charge in [-0.2, -0.15) is 0 Å². The van der Waals surface area contributed by atoms with Gasteiger partial charge in [0, 0.05) is 28.6 Å². The summed E-state index contributed by atoms with van der Waals surface area (Å²) in [6, 6.07) is 9.55. The average molecular weight is 285 g/mol. The number of nitro benzene ring substituents is 1. The fourth-order valence-electron chi connectivity index (χ4n) is 2.04. The van der Waals surface area contributed by atoms with Gasteiger partial charge >= 0.3 is 0 Å². The Labute approximate surface area is 121 Å². The van der Waals surface area contributed by atoms with E-state index in [2.05, 4.69) is 5.32 Å². The van der Waals surface area contributed by atoms with Crippen LogP contribution in [0.1, 0.15) is 21.5 Å². The van der Waals surface area contributed by atoms with E-state index in [0.29, 0.717) is 28.1 Å². The number of nitrogen functional groups attached to an aromatic ring is 1. The third kappa shape index (κ3) is 3.00. The van der Waals surface area contributed by atoms with Crippen LogP contribution >= 0.6 is 0 Å². The number of benzene rings is 2. The Morgan fingerprint density at radius 2 is 1.95 bits per heavy atom. The number of nitrogens with two attached hydrogens (primary N) is 1. The van der Waals surface area contributed by atoms with Crippen LogP contribution in [0.15, 0.2) is 36.4 Å². The highest BCUT2D eigenvalue weighted by atomic mass is 16.6. The molecule has 0 bridgehead atoms. The maximum absolute atomic E-state index is 12.2. The van der Waals surface area contributed by atoms with Crippen molar-refractivity contribution in [1.82, 2.24) is 0 Å². The minimum atomic E-state index is -0.455. The second-order valence-electron chi connectivity index (χ2n) is 4.73. The number of nitro groups is 1. The number of nitrogens with one attached hydrogen (secondary N) is 1. The highest BCUT2D eigenvalue weighted by molar-refractivity contribution is 6.06. The van der Waals surface area contributed by atoms with Crippen LogP contribution < -0.4 is 11.1 Å². The molecule has 0 fully saturated rings. The van der Waals surface area contributed by atoms with E-state index >= 15 is 0 Å². The molecule has 2 rings (SSSR count). The molecule has 0 aliphatic rings. The molecule has 108 valence electrons. The van der Waals surface area contributed by atoms with Crippen LogP contribution in [-0.4, -0.2) is 10.8 Å². The molecule has 3 N–H and O–H groups in total. The predicted molar refractivity (Wildman–Crippen MR) is 81.4 cm³/mol. The van der Waals surface area contributed by atoms with E-state index in [0.717, 1.165) is 0 Å². The Kier molecular flexibility index (Phi) is 3.89. The summed E-state index contributed by atoms with van der Waals surface area (Å²) in [4.78, 5) is 22.5. The largest absolute Gasteiger partial charge is 0.398 e. The molecule has 6 nitrogen and oxygen atoms in total. The van der Waals surface area contributed by atoms with Crippen molar-refractivity contribution in [3.8, 4) is 0 Å². The van der Waals surface area contributed by atoms with Crippen molar-refractivity contribution in [2.45, 2.75) is 13.8 Å². The number of carbonyl (C=O) groups is 1. The Bertz CT molecular complexity index is 726. The van der Waals surface area contributed by atoms with Crippen molar-refractivity contribution in [2.75, 3.05) is 11.1 Å². The van der Waals surface area contributed by atoms with E-state index < -0.39 is 4.92 Å². The number of rotatable bonds is 3. The first-order valence-corrected chi connectivity index (χ1v) is 6.31. The molecule has 2 aromatic rings. The molecule has 0 saturated carbocycles. The summed E-state index contributed by atoms with van der Waals surface area (Å²) >= 11 is 0. The first-order chi connectivity index (χ1) is 9.90. The maximum atomic E-state index is 12.2. The van der Waals surface area contributed by atoms with E-state index in [9.17, 15) is 14.9 Å². The van der Waals surface area contributed by atoms with Crippen LogP contribution in [-0.2, 0) is 0 Å². The van der Waals surface area contributed by atoms with E-state index in [1.807, 2.05) is 0 Å². The van der Waals surface area contributed by atoms with Gasteiger partial charge in [-0.15, -0.1) is 0 Å².